The first kappa shape index (κ1) is 22.5. The van der Waals surface area contributed by atoms with E-state index in [1.807, 2.05) is 25.1 Å². The zero-order valence-electron chi connectivity index (χ0n) is 17.4. The van der Waals surface area contributed by atoms with Gasteiger partial charge in [0, 0.05) is 25.4 Å². The molecule has 162 valence electrons. The van der Waals surface area contributed by atoms with E-state index in [9.17, 15) is 13.2 Å². The van der Waals surface area contributed by atoms with Gasteiger partial charge in [0.1, 0.15) is 0 Å². The second-order valence-corrected chi connectivity index (χ2v) is 9.49. The van der Waals surface area contributed by atoms with Crippen molar-refractivity contribution < 1.29 is 17.9 Å². The van der Waals surface area contributed by atoms with Crippen LogP contribution in [-0.4, -0.2) is 44.9 Å². The molecule has 1 aliphatic heterocycles. The smallest absolute Gasteiger partial charge is 0.243 e. The van der Waals surface area contributed by atoms with Crippen LogP contribution in [0.3, 0.4) is 0 Å². The lowest BCUT2D eigenvalue weighted by Gasteiger charge is -2.31. The Bertz CT molecular complexity index is 906. The molecule has 1 amide bonds. The van der Waals surface area contributed by atoms with E-state index in [0.29, 0.717) is 37.9 Å². The first-order valence-electron chi connectivity index (χ1n) is 10.5. The van der Waals surface area contributed by atoms with Crippen molar-refractivity contribution in [3.63, 3.8) is 0 Å². The van der Waals surface area contributed by atoms with Crippen LogP contribution in [0.2, 0.25) is 0 Å². The van der Waals surface area contributed by atoms with E-state index in [-0.39, 0.29) is 17.2 Å². The molecule has 0 aliphatic carbocycles. The van der Waals surface area contributed by atoms with Crippen LogP contribution in [0, 0.1) is 5.92 Å². The van der Waals surface area contributed by atoms with Gasteiger partial charge >= 0.3 is 0 Å². The molecule has 2 aromatic rings. The molecule has 1 heterocycles. The van der Waals surface area contributed by atoms with Gasteiger partial charge in [-0.05, 0) is 61.9 Å². The van der Waals surface area contributed by atoms with Crippen molar-refractivity contribution >= 4 is 21.6 Å². The molecule has 0 atom stereocenters. The number of ether oxygens (including phenoxy) is 1. The average molecular weight is 431 g/mol. The monoisotopic (exact) mass is 430 g/mol. The highest BCUT2D eigenvalue weighted by Gasteiger charge is 2.29. The number of piperidine rings is 1. The summed E-state index contributed by atoms with van der Waals surface area (Å²) in [6.07, 6.45) is 2.99. The van der Waals surface area contributed by atoms with E-state index < -0.39 is 10.0 Å². The Kier molecular flexibility index (Phi) is 8.01. The number of hydrogen-bond acceptors (Lipinski definition) is 4. The lowest BCUT2D eigenvalue weighted by Crippen LogP contribution is -2.38. The van der Waals surface area contributed by atoms with E-state index in [1.54, 1.807) is 28.6 Å². The van der Waals surface area contributed by atoms with Crippen LogP contribution in [0.15, 0.2) is 59.5 Å². The maximum Gasteiger partial charge on any atom is 0.243 e. The van der Waals surface area contributed by atoms with Crippen LogP contribution in [0.5, 0.6) is 0 Å². The van der Waals surface area contributed by atoms with Gasteiger partial charge in [0.2, 0.25) is 15.9 Å². The third kappa shape index (κ3) is 6.14. The lowest BCUT2D eigenvalue weighted by atomic mass is 9.91. The summed E-state index contributed by atoms with van der Waals surface area (Å²) < 4.78 is 32.7. The van der Waals surface area contributed by atoms with Gasteiger partial charge < -0.3 is 10.1 Å². The Balaban J connectivity index is 1.53. The molecule has 1 fully saturated rings. The number of rotatable bonds is 9. The van der Waals surface area contributed by atoms with Crippen LogP contribution < -0.4 is 5.32 Å². The molecular weight excluding hydrogens is 400 g/mol. The van der Waals surface area contributed by atoms with Gasteiger partial charge in [-0.1, -0.05) is 30.3 Å². The SMILES string of the molecule is CCOCCC(=O)Nc1ccc(S(=O)(=O)N2CCC(Cc3ccccc3)CC2)cc1. The van der Waals surface area contributed by atoms with Gasteiger partial charge in [-0.25, -0.2) is 8.42 Å². The van der Waals surface area contributed by atoms with Crippen molar-refractivity contribution in [1.82, 2.24) is 4.31 Å². The molecule has 6 nitrogen and oxygen atoms in total. The first-order valence-corrected chi connectivity index (χ1v) is 11.9. The molecule has 2 aromatic carbocycles. The molecule has 1 N–H and O–H groups in total. The fraction of sp³-hybridized carbons (Fsp3) is 0.435. The predicted octanol–water partition coefficient (Wildman–Crippen LogP) is 3.70. The zero-order valence-corrected chi connectivity index (χ0v) is 18.2. The van der Waals surface area contributed by atoms with E-state index in [0.717, 1.165) is 19.3 Å². The lowest BCUT2D eigenvalue weighted by molar-refractivity contribution is -0.117. The number of nitrogens with one attached hydrogen (secondary N) is 1. The van der Waals surface area contributed by atoms with E-state index in [1.165, 1.54) is 5.56 Å². The molecule has 0 aromatic heterocycles. The van der Waals surface area contributed by atoms with Crippen molar-refractivity contribution in [2.24, 2.45) is 5.92 Å². The second kappa shape index (κ2) is 10.7. The highest BCUT2D eigenvalue weighted by Crippen LogP contribution is 2.26. The number of anilines is 1. The fourth-order valence-electron chi connectivity index (χ4n) is 3.69. The molecule has 0 unspecified atom stereocenters. The van der Waals surface area contributed by atoms with Crippen LogP contribution >= 0.6 is 0 Å². The quantitative estimate of drug-likeness (QED) is 0.616. The number of carbonyl (C=O) groups excluding carboxylic acids is 1. The van der Waals surface area contributed by atoms with Crippen molar-refractivity contribution in [2.45, 2.75) is 37.5 Å². The summed E-state index contributed by atoms with van der Waals surface area (Å²) in [7, 11) is -3.52. The minimum atomic E-state index is -3.52. The Morgan fingerprint density at radius 2 is 1.73 bits per heavy atom. The van der Waals surface area contributed by atoms with Gasteiger partial charge in [-0.15, -0.1) is 0 Å². The van der Waals surface area contributed by atoms with E-state index in [4.69, 9.17) is 4.74 Å². The fourth-order valence-corrected chi connectivity index (χ4v) is 5.16. The molecule has 7 heteroatoms. The topological polar surface area (TPSA) is 75.7 Å². The van der Waals surface area contributed by atoms with Crippen LogP contribution in [0.1, 0.15) is 31.7 Å². The maximum absolute atomic E-state index is 13.0. The summed E-state index contributed by atoms with van der Waals surface area (Å²) in [4.78, 5) is 12.1. The Morgan fingerprint density at radius 3 is 2.37 bits per heavy atom. The van der Waals surface area contributed by atoms with Crippen molar-refractivity contribution in [3.8, 4) is 0 Å². The number of carbonyl (C=O) groups is 1. The summed E-state index contributed by atoms with van der Waals surface area (Å²) in [5.74, 6) is 0.354. The van der Waals surface area contributed by atoms with Crippen LogP contribution in [0.4, 0.5) is 5.69 Å². The molecule has 0 radical (unpaired) electrons. The van der Waals surface area contributed by atoms with Crippen molar-refractivity contribution in [2.75, 3.05) is 31.6 Å². The minimum Gasteiger partial charge on any atom is -0.381 e. The van der Waals surface area contributed by atoms with Gasteiger partial charge in [-0.3, -0.25) is 4.79 Å². The molecule has 3 rings (SSSR count). The van der Waals surface area contributed by atoms with Gasteiger partial charge in [-0.2, -0.15) is 4.31 Å². The molecular formula is C23H30N2O4S. The summed E-state index contributed by atoms with van der Waals surface area (Å²) >= 11 is 0. The Labute approximate surface area is 179 Å². The van der Waals surface area contributed by atoms with Gasteiger partial charge in [0.05, 0.1) is 17.9 Å². The van der Waals surface area contributed by atoms with Gasteiger partial charge in [0.15, 0.2) is 0 Å². The number of hydrogen-bond donors (Lipinski definition) is 1. The van der Waals surface area contributed by atoms with Crippen LogP contribution in [0.25, 0.3) is 0 Å². The largest absolute Gasteiger partial charge is 0.381 e. The number of sulfonamides is 1. The highest BCUT2D eigenvalue weighted by atomic mass is 32.2. The maximum atomic E-state index is 13.0. The molecule has 30 heavy (non-hydrogen) atoms. The van der Waals surface area contributed by atoms with Crippen LogP contribution in [-0.2, 0) is 26.0 Å². The summed E-state index contributed by atoms with van der Waals surface area (Å²) in [5, 5.41) is 2.76. The summed E-state index contributed by atoms with van der Waals surface area (Å²) in [6, 6.07) is 16.7. The normalized spacial score (nSPS) is 15.8. The third-order valence-electron chi connectivity index (χ3n) is 5.39. The third-order valence-corrected chi connectivity index (χ3v) is 7.31. The predicted molar refractivity (Wildman–Crippen MR) is 118 cm³/mol. The first-order chi connectivity index (χ1) is 14.5. The molecule has 0 bridgehead atoms. The molecule has 0 saturated carbocycles. The van der Waals surface area contributed by atoms with E-state index >= 15 is 0 Å². The van der Waals surface area contributed by atoms with E-state index in [2.05, 4.69) is 17.4 Å². The Hall–Kier alpha value is -2.22. The highest BCUT2D eigenvalue weighted by molar-refractivity contribution is 7.89. The summed E-state index contributed by atoms with van der Waals surface area (Å²) in [5.41, 5.74) is 1.88. The molecule has 1 saturated heterocycles. The standard InChI is InChI=1S/C23H30N2O4S/c1-2-29-17-14-23(26)24-21-8-10-22(11-9-21)30(27,28)25-15-12-20(13-16-25)18-19-6-4-3-5-7-19/h3-11,20H,2,12-18H2,1H3,(H,24,26). The zero-order chi connectivity index (χ0) is 21.4. The minimum absolute atomic E-state index is 0.153. The molecule has 1 aliphatic rings. The number of benzene rings is 2. The van der Waals surface area contributed by atoms with Crippen molar-refractivity contribution in [1.29, 1.82) is 0 Å². The average Bonchev–Trinajstić information content (AvgIpc) is 2.75. The van der Waals surface area contributed by atoms with Crippen molar-refractivity contribution in [3.05, 3.63) is 60.2 Å². The number of amides is 1. The molecule has 0 spiro atoms. The summed E-state index contributed by atoms with van der Waals surface area (Å²) in [6.45, 7) is 3.90. The Morgan fingerprint density at radius 1 is 1.07 bits per heavy atom. The number of nitrogens with zero attached hydrogens (tertiary/aromatic N) is 1. The second-order valence-electron chi connectivity index (χ2n) is 7.56. The van der Waals surface area contributed by atoms with Gasteiger partial charge in [0.25, 0.3) is 0 Å².